The SMILES string of the molecule is N[C@H]1CCN(c2nc(NCCS(=O)(=O)NC3CCCC3)n3nc(Cl)cc3n2)C1. The van der Waals surface area contributed by atoms with Gasteiger partial charge in [-0.2, -0.15) is 19.6 Å². The maximum Gasteiger partial charge on any atom is 0.230 e. The molecule has 4 rings (SSSR count). The Morgan fingerprint density at radius 2 is 2.04 bits per heavy atom. The quantitative estimate of drug-likeness (QED) is 0.584. The molecule has 2 fully saturated rings. The van der Waals surface area contributed by atoms with Crippen LogP contribution in [0.2, 0.25) is 5.15 Å². The number of rotatable bonds is 7. The number of nitrogens with zero attached hydrogens (tertiary/aromatic N) is 5. The second kappa shape index (κ2) is 7.97. The topological polar surface area (TPSA) is 131 Å². The van der Waals surface area contributed by atoms with E-state index in [0.717, 1.165) is 38.6 Å². The zero-order chi connectivity index (χ0) is 19.7. The van der Waals surface area contributed by atoms with E-state index in [1.165, 1.54) is 4.52 Å². The van der Waals surface area contributed by atoms with Crippen molar-refractivity contribution in [2.45, 2.75) is 44.2 Å². The second-order valence-electron chi connectivity index (χ2n) is 7.42. The van der Waals surface area contributed by atoms with E-state index in [1.807, 2.05) is 4.90 Å². The third-order valence-corrected chi connectivity index (χ3v) is 6.76. The van der Waals surface area contributed by atoms with Gasteiger partial charge in [-0.3, -0.25) is 0 Å². The predicted octanol–water partition coefficient (Wildman–Crippen LogP) is 0.589. The van der Waals surface area contributed by atoms with Crippen LogP contribution in [0.1, 0.15) is 32.1 Å². The first-order chi connectivity index (χ1) is 13.4. The van der Waals surface area contributed by atoms with Crippen LogP contribution in [0.4, 0.5) is 11.9 Å². The van der Waals surface area contributed by atoms with Crippen molar-refractivity contribution in [3.05, 3.63) is 11.2 Å². The first-order valence-corrected chi connectivity index (χ1v) is 11.6. The Bertz CT molecular complexity index is 944. The van der Waals surface area contributed by atoms with E-state index >= 15 is 0 Å². The molecule has 1 aliphatic heterocycles. The summed E-state index contributed by atoms with van der Waals surface area (Å²) in [5, 5.41) is 7.55. The molecular formula is C16H25ClN8O2S. The normalized spacial score (nSPS) is 21.1. The number of hydrogen-bond donors (Lipinski definition) is 3. The molecule has 4 N–H and O–H groups in total. The van der Waals surface area contributed by atoms with Crippen molar-refractivity contribution in [1.29, 1.82) is 0 Å². The van der Waals surface area contributed by atoms with Crippen molar-refractivity contribution in [1.82, 2.24) is 24.3 Å². The summed E-state index contributed by atoms with van der Waals surface area (Å²) in [7, 11) is -3.35. The molecule has 0 bridgehead atoms. The minimum atomic E-state index is -3.35. The van der Waals surface area contributed by atoms with Gasteiger partial charge in [0, 0.05) is 37.8 Å². The molecule has 0 spiro atoms. The molecule has 0 radical (unpaired) electrons. The summed E-state index contributed by atoms with van der Waals surface area (Å²) in [6, 6.07) is 1.80. The van der Waals surface area contributed by atoms with Crippen LogP contribution < -0.4 is 20.7 Å². The Labute approximate surface area is 168 Å². The molecule has 1 saturated carbocycles. The fraction of sp³-hybridized carbons (Fsp3) is 0.688. The van der Waals surface area contributed by atoms with Gasteiger partial charge >= 0.3 is 0 Å². The summed E-state index contributed by atoms with van der Waals surface area (Å²) in [6.45, 7) is 1.65. The fourth-order valence-corrected chi connectivity index (χ4v) is 5.13. The zero-order valence-corrected chi connectivity index (χ0v) is 17.1. The molecule has 1 aliphatic carbocycles. The molecule has 10 nitrogen and oxygen atoms in total. The Balaban J connectivity index is 1.47. The van der Waals surface area contributed by atoms with Gasteiger partial charge in [0.2, 0.25) is 21.9 Å². The molecule has 2 aromatic rings. The number of hydrogen-bond acceptors (Lipinski definition) is 8. The average molecular weight is 429 g/mol. The molecular weight excluding hydrogens is 404 g/mol. The Hall–Kier alpha value is -1.69. The van der Waals surface area contributed by atoms with E-state index in [1.54, 1.807) is 6.07 Å². The van der Waals surface area contributed by atoms with Gasteiger partial charge in [-0.1, -0.05) is 24.4 Å². The van der Waals surface area contributed by atoms with Crippen molar-refractivity contribution in [2.24, 2.45) is 5.73 Å². The zero-order valence-electron chi connectivity index (χ0n) is 15.5. The Kier molecular flexibility index (Phi) is 5.59. The summed E-state index contributed by atoms with van der Waals surface area (Å²) in [5.41, 5.74) is 6.53. The highest BCUT2D eigenvalue weighted by atomic mass is 35.5. The molecule has 28 heavy (non-hydrogen) atoms. The third-order valence-electron chi connectivity index (χ3n) is 5.14. The second-order valence-corrected chi connectivity index (χ2v) is 9.68. The van der Waals surface area contributed by atoms with Gasteiger partial charge in [0.15, 0.2) is 10.8 Å². The van der Waals surface area contributed by atoms with Crippen molar-refractivity contribution in [3.63, 3.8) is 0 Å². The van der Waals surface area contributed by atoms with Crippen LogP contribution in [0.15, 0.2) is 6.07 Å². The molecule has 0 aromatic carbocycles. The summed E-state index contributed by atoms with van der Waals surface area (Å²) in [4.78, 5) is 11.0. The van der Waals surface area contributed by atoms with Crippen LogP contribution in [0.25, 0.3) is 5.65 Å². The minimum Gasteiger partial charge on any atom is -0.353 e. The molecule has 1 atom stereocenters. The fourth-order valence-electron chi connectivity index (χ4n) is 3.73. The number of nitrogens with two attached hydrogens (primary N) is 1. The molecule has 2 aromatic heterocycles. The van der Waals surface area contributed by atoms with E-state index in [9.17, 15) is 8.42 Å². The van der Waals surface area contributed by atoms with E-state index in [-0.39, 0.29) is 24.4 Å². The maximum absolute atomic E-state index is 12.3. The number of anilines is 2. The Morgan fingerprint density at radius 1 is 1.25 bits per heavy atom. The summed E-state index contributed by atoms with van der Waals surface area (Å²) < 4.78 is 28.9. The van der Waals surface area contributed by atoms with E-state index in [0.29, 0.717) is 29.2 Å². The van der Waals surface area contributed by atoms with Crippen LogP contribution in [-0.2, 0) is 10.0 Å². The smallest absolute Gasteiger partial charge is 0.230 e. The lowest BCUT2D eigenvalue weighted by molar-refractivity contribution is 0.552. The molecule has 154 valence electrons. The van der Waals surface area contributed by atoms with Gasteiger partial charge in [0.1, 0.15) is 0 Å². The van der Waals surface area contributed by atoms with Gasteiger partial charge in [-0.15, -0.1) is 0 Å². The van der Waals surface area contributed by atoms with E-state index < -0.39 is 10.0 Å². The molecule has 0 amide bonds. The third kappa shape index (κ3) is 4.48. The monoisotopic (exact) mass is 428 g/mol. The predicted molar refractivity (Wildman–Crippen MR) is 108 cm³/mol. The Morgan fingerprint density at radius 3 is 2.75 bits per heavy atom. The number of aromatic nitrogens is 4. The molecule has 3 heterocycles. The largest absolute Gasteiger partial charge is 0.353 e. The lowest BCUT2D eigenvalue weighted by atomic mass is 10.3. The van der Waals surface area contributed by atoms with Crippen LogP contribution in [0.3, 0.4) is 0 Å². The van der Waals surface area contributed by atoms with Crippen molar-refractivity contribution in [2.75, 3.05) is 35.6 Å². The summed E-state index contributed by atoms with van der Waals surface area (Å²) in [5.74, 6) is 0.892. The summed E-state index contributed by atoms with van der Waals surface area (Å²) >= 11 is 6.03. The molecule has 1 saturated heterocycles. The van der Waals surface area contributed by atoms with Crippen molar-refractivity contribution >= 4 is 39.2 Å². The van der Waals surface area contributed by atoms with E-state index in [4.69, 9.17) is 17.3 Å². The van der Waals surface area contributed by atoms with Crippen LogP contribution >= 0.6 is 11.6 Å². The van der Waals surface area contributed by atoms with Crippen LogP contribution in [-0.4, -0.2) is 65.5 Å². The van der Waals surface area contributed by atoms with Crippen LogP contribution in [0.5, 0.6) is 0 Å². The number of nitrogens with one attached hydrogen (secondary N) is 2. The van der Waals surface area contributed by atoms with Crippen LogP contribution in [0, 0.1) is 0 Å². The lowest BCUT2D eigenvalue weighted by Gasteiger charge is -2.17. The highest BCUT2D eigenvalue weighted by Gasteiger charge is 2.24. The first kappa shape index (κ1) is 19.6. The van der Waals surface area contributed by atoms with E-state index in [2.05, 4.69) is 25.1 Å². The van der Waals surface area contributed by atoms with Gasteiger partial charge in [-0.05, 0) is 19.3 Å². The van der Waals surface area contributed by atoms with Gasteiger partial charge in [0.25, 0.3) is 0 Å². The highest BCUT2D eigenvalue weighted by Crippen LogP contribution is 2.21. The minimum absolute atomic E-state index is 0.0477. The van der Waals surface area contributed by atoms with Crippen molar-refractivity contribution in [3.8, 4) is 0 Å². The van der Waals surface area contributed by atoms with Crippen molar-refractivity contribution < 1.29 is 8.42 Å². The maximum atomic E-state index is 12.3. The number of sulfonamides is 1. The molecule has 12 heteroatoms. The molecule has 2 aliphatic rings. The van der Waals surface area contributed by atoms with Gasteiger partial charge in [-0.25, -0.2) is 13.1 Å². The van der Waals surface area contributed by atoms with Gasteiger partial charge in [0.05, 0.1) is 5.75 Å². The molecule has 0 unspecified atom stereocenters. The number of halogens is 1. The lowest BCUT2D eigenvalue weighted by Crippen LogP contribution is -2.36. The first-order valence-electron chi connectivity index (χ1n) is 9.57. The summed E-state index contributed by atoms with van der Waals surface area (Å²) in [6.07, 6.45) is 4.85. The standard InChI is InChI=1S/C16H25ClN8O2S/c17-13-9-14-20-16(24-7-5-11(18)10-24)21-15(25(14)22-13)19-6-8-28(26,27)23-12-3-1-2-4-12/h9,11-12,23H,1-8,10,18H2,(H,19,20,21)/t11-/m0/s1. The number of fused-ring (bicyclic) bond motifs is 1. The average Bonchev–Trinajstić information content (AvgIpc) is 3.35. The highest BCUT2D eigenvalue weighted by molar-refractivity contribution is 7.89. The van der Waals surface area contributed by atoms with Gasteiger partial charge < -0.3 is 16.0 Å².